The SMILES string of the molecule is COc1ccc([C@H]2CNC(=O)[C@@H]2C(=O)O)cn1. The van der Waals surface area contributed by atoms with Gasteiger partial charge in [0, 0.05) is 24.7 Å². The van der Waals surface area contributed by atoms with Gasteiger partial charge in [-0.2, -0.15) is 0 Å². The van der Waals surface area contributed by atoms with Gasteiger partial charge < -0.3 is 15.2 Å². The number of carboxylic acids is 1. The Hall–Kier alpha value is -2.11. The van der Waals surface area contributed by atoms with Crippen molar-refractivity contribution in [1.29, 1.82) is 0 Å². The summed E-state index contributed by atoms with van der Waals surface area (Å²) in [7, 11) is 1.50. The van der Waals surface area contributed by atoms with Gasteiger partial charge in [0.1, 0.15) is 5.92 Å². The van der Waals surface area contributed by atoms with E-state index in [0.29, 0.717) is 12.4 Å². The second kappa shape index (κ2) is 4.40. The Bertz CT molecular complexity index is 443. The summed E-state index contributed by atoms with van der Waals surface area (Å²) in [6.07, 6.45) is 1.54. The number of carbonyl (C=O) groups excluding carboxylic acids is 1. The second-order valence-corrected chi connectivity index (χ2v) is 3.80. The van der Waals surface area contributed by atoms with E-state index in [0.717, 1.165) is 5.56 Å². The number of methoxy groups -OCH3 is 1. The van der Waals surface area contributed by atoms with Crippen molar-refractivity contribution >= 4 is 11.9 Å². The highest BCUT2D eigenvalue weighted by Gasteiger charge is 2.41. The molecule has 1 aliphatic heterocycles. The van der Waals surface area contributed by atoms with Crippen molar-refractivity contribution in [3.63, 3.8) is 0 Å². The van der Waals surface area contributed by atoms with Gasteiger partial charge in [0.05, 0.1) is 7.11 Å². The zero-order valence-electron chi connectivity index (χ0n) is 9.21. The molecule has 1 aliphatic rings. The van der Waals surface area contributed by atoms with Crippen molar-refractivity contribution < 1.29 is 19.4 Å². The number of amides is 1. The van der Waals surface area contributed by atoms with Crippen LogP contribution in [0.25, 0.3) is 0 Å². The number of pyridine rings is 1. The molecular weight excluding hydrogens is 224 g/mol. The fraction of sp³-hybridized carbons (Fsp3) is 0.364. The lowest BCUT2D eigenvalue weighted by Gasteiger charge is -2.12. The van der Waals surface area contributed by atoms with Crippen LogP contribution in [0.15, 0.2) is 18.3 Å². The zero-order valence-corrected chi connectivity index (χ0v) is 9.21. The normalized spacial score (nSPS) is 23.2. The molecule has 1 saturated heterocycles. The molecule has 0 aromatic carbocycles. The number of carbonyl (C=O) groups is 2. The van der Waals surface area contributed by atoms with Gasteiger partial charge in [-0.15, -0.1) is 0 Å². The number of rotatable bonds is 3. The van der Waals surface area contributed by atoms with E-state index in [1.807, 2.05) is 0 Å². The molecule has 2 rings (SSSR count). The van der Waals surface area contributed by atoms with Gasteiger partial charge in [-0.1, -0.05) is 6.07 Å². The summed E-state index contributed by atoms with van der Waals surface area (Å²) in [6, 6.07) is 3.38. The molecule has 1 aromatic rings. The van der Waals surface area contributed by atoms with Crippen LogP contribution in [0.3, 0.4) is 0 Å². The summed E-state index contributed by atoms with van der Waals surface area (Å²) < 4.78 is 4.92. The summed E-state index contributed by atoms with van der Waals surface area (Å²) in [6.45, 7) is 0.323. The first-order valence-corrected chi connectivity index (χ1v) is 5.14. The van der Waals surface area contributed by atoms with Crippen LogP contribution < -0.4 is 10.1 Å². The molecule has 6 heteroatoms. The van der Waals surface area contributed by atoms with E-state index >= 15 is 0 Å². The third kappa shape index (κ3) is 2.06. The monoisotopic (exact) mass is 236 g/mol. The number of nitrogens with zero attached hydrogens (tertiary/aromatic N) is 1. The number of hydrogen-bond donors (Lipinski definition) is 2. The van der Waals surface area contributed by atoms with Gasteiger partial charge >= 0.3 is 5.97 Å². The first-order valence-electron chi connectivity index (χ1n) is 5.14. The van der Waals surface area contributed by atoms with E-state index in [2.05, 4.69) is 10.3 Å². The van der Waals surface area contributed by atoms with Crippen LogP contribution in [-0.2, 0) is 9.59 Å². The van der Waals surface area contributed by atoms with Crippen LogP contribution in [0, 0.1) is 5.92 Å². The van der Waals surface area contributed by atoms with E-state index in [-0.39, 0.29) is 5.92 Å². The number of carboxylic acid groups (broad SMARTS) is 1. The molecule has 1 amide bonds. The van der Waals surface area contributed by atoms with Crippen LogP contribution >= 0.6 is 0 Å². The molecule has 17 heavy (non-hydrogen) atoms. The lowest BCUT2D eigenvalue weighted by Crippen LogP contribution is -2.26. The molecule has 0 aliphatic carbocycles. The Morgan fingerprint density at radius 3 is 2.88 bits per heavy atom. The molecule has 0 saturated carbocycles. The minimum absolute atomic E-state index is 0.323. The molecule has 0 spiro atoms. The summed E-state index contributed by atoms with van der Waals surface area (Å²) >= 11 is 0. The topological polar surface area (TPSA) is 88.5 Å². The highest BCUT2D eigenvalue weighted by molar-refractivity contribution is 5.99. The van der Waals surface area contributed by atoms with Crippen LogP contribution in [0.5, 0.6) is 5.88 Å². The van der Waals surface area contributed by atoms with Gasteiger partial charge in [-0.05, 0) is 5.56 Å². The smallest absolute Gasteiger partial charge is 0.316 e. The zero-order chi connectivity index (χ0) is 12.4. The van der Waals surface area contributed by atoms with Crippen molar-refractivity contribution in [3.05, 3.63) is 23.9 Å². The maximum absolute atomic E-state index is 11.4. The van der Waals surface area contributed by atoms with E-state index in [1.54, 1.807) is 18.3 Å². The third-order valence-corrected chi connectivity index (χ3v) is 2.84. The fourth-order valence-corrected chi connectivity index (χ4v) is 1.95. The van der Waals surface area contributed by atoms with Crippen molar-refractivity contribution in [2.75, 3.05) is 13.7 Å². The number of aromatic nitrogens is 1. The highest BCUT2D eigenvalue weighted by Crippen LogP contribution is 2.29. The van der Waals surface area contributed by atoms with Gasteiger partial charge in [0.2, 0.25) is 11.8 Å². The quantitative estimate of drug-likeness (QED) is 0.721. The molecular formula is C11H12N2O4. The predicted octanol–water partition coefficient (Wildman–Crippen LogP) is 0.00440. The number of hydrogen-bond acceptors (Lipinski definition) is 4. The molecule has 2 N–H and O–H groups in total. The number of ether oxygens (including phenoxy) is 1. The van der Waals surface area contributed by atoms with Crippen LogP contribution in [0.4, 0.5) is 0 Å². The highest BCUT2D eigenvalue weighted by atomic mass is 16.5. The molecule has 0 radical (unpaired) electrons. The molecule has 2 heterocycles. The molecule has 0 bridgehead atoms. The Labute approximate surface area is 97.6 Å². The molecule has 1 fully saturated rings. The van der Waals surface area contributed by atoms with Crippen LogP contribution in [0.1, 0.15) is 11.5 Å². The second-order valence-electron chi connectivity index (χ2n) is 3.80. The maximum atomic E-state index is 11.4. The lowest BCUT2D eigenvalue weighted by molar-refractivity contribution is -0.145. The average Bonchev–Trinajstić information content (AvgIpc) is 2.71. The van der Waals surface area contributed by atoms with Crippen molar-refractivity contribution in [3.8, 4) is 5.88 Å². The van der Waals surface area contributed by atoms with E-state index < -0.39 is 17.8 Å². The Kier molecular flexibility index (Phi) is 2.95. The maximum Gasteiger partial charge on any atom is 0.316 e. The number of aliphatic carboxylic acids is 1. The average molecular weight is 236 g/mol. The van der Waals surface area contributed by atoms with Gasteiger partial charge in [-0.25, -0.2) is 4.98 Å². The first-order chi connectivity index (χ1) is 8.13. The molecule has 2 atom stereocenters. The third-order valence-electron chi connectivity index (χ3n) is 2.84. The van der Waals surface area contributed by atoms with E-state index in [4.69, 9.17) is 9.84 Å². The van der Waals surface area contributed by atoms with Gasteiger partial charge in [0.15, 0.2) is 0 Å². The largest absolute Gasteiger partial charge is 0.481 e. The summed E-state index contributed by atoms with van der Waals surface area (Å²) in [4.78, 5) is 26.4. The Balaban J connectivity index is 2.26. The van der Waals surface area contributed by atoms with E-state index in [1.165, 1.54) is 7.11 Å². The van der Waals surface area contributed by atoms with Crippen molar-refractivity contribution in [1.82, 2.24) is 10.3 Å². The Morgan fingerprint density at radius 2 is 2.35 bits per heavy atom. The van der Waals surface area contributed by atoms with Crippen molar-refractivity contribution in [2.45, 2.75) is 5.92 Å². The molecule has 90 valence electrons. The molecule has 1 aromatic heterocycles. The molecule has 0 unspecified atom stereocenters. The van der Waals surface area contributed by atoms with Crippen molar-refractivity contribution in [2.24, 2.45) is 5.92 Å². The Morgan fingerprint density at radius 1 is 1.59 bits per heavy atom. The minimum Gasteiger partial charge on any atom is -0.481 e. The predicted molar refractivity (Wildman–Crippen MR) is 57.7 cm³/mol. The van der Waals surface area contributed by atoms with Crippen LogP contribution in [-0.4, -0.2) is 35.6 Å². The first kappa shape index (κ1) is 11.4. The fourth-order valence-electron chi connectivity index (χ4n) is 1.95. The summed E-state index contributed by atoms with van der Waals surface area (Å²) in [5.74, 6) is -2.51. The van der Waals surface area contributed by atoms with Gasteiger partial charge in [-0.3, -0.25) is 9.59 Å². The molecule has 6 nitrogen and oxygen atoms in total. The van der Waals surface area contributed by atoms with Crippen LogP contribution in [0.2, 0.25) is 0 Å². The lowest BCUT2D eigenvalue weighted by atomic mass is 9.90. The van der Waals surface area contributed by atoms with E-state index in [9.17, 15) is 9.59 Å². The summed E-state index contributed by atoms with van der Waals surface area (Å²) in [5.41, 5.74) is 0.719. The summed E-state index contributed by atoms with van der Waals surface area (Å²) in [5, 5.41) is 11.6. The minimum atomic E-state index is -1.11. The number of nitrogens with one attached hydrogen (secondary N) is 1. The standard InChI is InChI=1S/C11H12N2O4/c1-17-8-3-2-6(4-12-8)7-5-13-10(14)9(7)11(15)16/h2-4,7,9H,5H2,1H3,(H,13,14)(H,15,16)/t7-,9-/m1/s1. The van der Waals surface area contributed by atoms with Gasteiger partial charge in [0.25, 0.3) is 0 Å².